The van der Waals surface area contributed by atoms with Crippen LogP contribution >= 0.6 is 0 Å². The van der Waals surface area contributed by atoms with Gasteiger partial charge in [0.15, 0.2) is 0 Å². The van der Waals surface area contributed by atoms with Gasteiger partial charge in [0.2, 0.25) is 0 Å². The first-order chi connectivity index (χ1) is 9.02. The highest BCUT2D eigenvalue weighted by Crippen LogP contribution is 2.25. The number of hydrogen-bond acceptors (Lipinski definition) is 3. The van der Waals surface area contributed by atoms with Gasteiger partial charge in [-0.3, -0.25) is 9.58 Å². The van der Waals surface area contributed by atoms with Gasteiger partial charge < -0.3 is 5.73 Å². The molecule has 1 rings (SSSR count). The summed E-state index contributed by atoms with van der Waals surface area (Å²) in [6, 6.07) is 0.788. The third-order valence-corrected chi connectivity index (χ3v) is 3.94. The number of aromatic nitrogens is 2. The molecule has 1 aromatic rings. The summed E-state index contributed by atoms with van der Waals surface area (Å²) in [5.74, 6) is 0. The van der Waals surface area contributed by atoms with Crippen LogP contribution in [-0.4, -0.2) is 33.8 Å². The van der Waals surface area contributed by atoms with Gasteiger partial charge in [0.05, 0.1) is 12.2 Å². The molecule has 1 aromatic heterocycles. The maximum absolute atomic E-state index is 6.05. The van der Waals surface area contributed by atoms with E-state index in [-0.39, 0.29) is 6.04 Å². The number of unbranched alkanes of at least 4 members (excludes halogenated alkanes) is 2. The van der Waals surface area contributed by atoms with Crippen LogP contribution < -0.4 is 5.73 Å². The molecule has 110 valence electrons. The smallest absolute Gasteiger partial charge is 0.0540 e. The average Bonchev–Trinajstić information content (AvgIpc) is 2.70. The molecule has 0 saturated carbocycles. The zero-order valence-electron chi connectivity index (χ0n) is 13.2. The predicted octanol–water partition coefficient (Wildman–Crippen LogP) is 2.63. The molecule has 0 aliphatic rings. The van der Waals surface area contributed by atoms with Crippen LogP contribution in [0.5, 0.6) is 0 Å². The Hall–Kier alpha value is -0.870. The van der Waals surface area contributed by atoms with Gasteiger partial charge in [-0.05, 0) is 33.7 Å². The van der Waals surface area contributed by atoms with Crippen LogP contribution in [0.2, 0.25) is 0 Å². The number of aryl methyl sites for hydroxylation is 1. The summed E-state index contributed by atoms with van der Waals surface area (Å²) in [4.78, 5) is 2.51. The minimum Gasteiger partial charge on any atom is -0.329 e. The second kappa shape index (κ2) is 7.65. The molecule has 1 heterocycles. The Balaban J connectivity index is 2.87. The molecule has 0 saturated heterocycles. The quantitative estimate of drug-likeness (QED) is 0.736. The van der Waals surface area contributed by atoms with Crippen molar-refractivity contribution >= 4 is 0 Å². The largest absolute Gasteiger partial charge is 0.329 e. The van der Waals surface area contributed by atoms with Gasteiger partial charge in [0.25, 0.3) is 0 Å². The zero-order chi connectivity index (χ0) is 14.4. The van der Waals surface area contributed by atoms with E-state index in [4.69, 9.17) is 5.73 Å². The van der Waals surface area contributed by atoms with Gasteiger partial charge in [-0.15, -0.1) is 0 Å². The fourth-order valence-electron chi connectivity index (χ4n) is 2.60. The van der Waals surface area contributed by atoms with Gasteiger partial charge in [-0.2, -0.15) is 5.10 Å². The van der Waals surface area contributed by atoms with E-state index in [2.05, 4.69) is 37.7 Å². The van der Waals surface area contributed by atoms with Crippen LogP contribution in [0.4, 0.5) is 0 Å². The summed E-state index contributed by atoms with van der Waals surface area (Å²) in [5, 5.41) is 4.36. The van der Waals surface area contributed by atoms with E-state index in [9.17, 15) is 0 Å². The summed E-state index contributed by atoms with van der Waals surface area (Å²) < 4.78 is 1.93. The number of nitrogens with zero attached hydrogens (tertiary/aromatic N) is 3. The molecule has 4 nitrogen and oxygen atoms in total. The van der Waals surface area contributed by atoms with Crippen LogP contribution in [0.15, 0.2) is 6.20 Å². The summed E-state index contributed by atoms with van der Waals surface area (Å²) in [5.41, 5.74) is 8.54. The molecule has 2 N–H and O–H groups in total. The predicted molar refractivity (Wildman–Crippen MR) is 81.1 cm³/mol. The summed E-state index contributed by atoms with van der Waals surface area (Å²) in [6.45, 7) is 10.6. The highest BCUT2D eigenvalue weighted by molar-refractivity contribution is 5.21. The Labute approximate surface area is 118 Å². The second-order valence-corrected chi connectivity index (χ2v) is 5.60. The fraction of sp³-hybridized carbons (Fsp3) is 0.800. The normalized spacial score (nSPS) is 13.5. The molecule has 0 fully saturated rings. The van der Waals surface area contributed by atoms with Gasteiger partial charge in [-0.1, -0.05) is 19.8 Å². The average molecular weight is 266 g/mol. The van der Waals surface area contributed by atoms with E-state index in [1.165, 1.54) is 30.5 Å². The third-order valence-electron chi connectivity index (χ3n) is 3.94. The second-order valence-electron chi connectivity index (χ2n) is 5.60. The lowest BCUT2D eigenvalue weighted by Crippen LogP contribution is -2.39. The molecule has 0 bridgehead atoms. The van der Waals surface area contributed by atoms with Crippen molar-refractivity contribution in [1.29, 1.82) is 0 Å². The molecule has 0 aliphatic heterocycles. The third kappa shape index (κ3) is 4.05. The van der Waals surface area contributed by atoms with Crippen molar-refractivity contribution in [1.82, 2.24) is 14.7 Å². The van der Waals surface area contributed by atoms with E-state index >= 15 is 0 Å². The van der Waals surface area contributed by atoms with Crippen molar-refractivity contribution in [2.75, 3.05) is 13.1 Å². The maximum atomic E-state index is 6.05. The Morgan fingerprint density at radius 1 is 1.37 bits per heavy atom. The van der Waals surface area contributed by atoms with E-state index in [1.54, 1.807) is 0 Å². The Bertz CT molecular complexity index is 370. The first-order valence-corrected chi connectivity index (χ1v) is 7.47. The van der Waals surface area contributed by atoms with Crippen LogP contribution in [0.25, 0.3) is 0 Å². The Morgan fingerprint density at radius 3 is 2.47 bits per heavy atom. The first-order valence-electron chi connectivity index (χ1n) is 7.47. The van der Waals surface area contributed by atoms with Crippen LogP contribution in [0.1, 0.15) is 57.3 Å². The highest BCUT2D eigenvalue weighted by atomic mass is 15.3. The lowest BCUT2D eigenvalue weighted by Gasteiger charge is -2.34. The van der Waals surface area contributed by atoms with Gasteiger partial charge in [0, 0.05) is 30.9 Å². The molecule has 0 radical (unpaired) electrons. The fourth-order valence-corrected chi connectivity index (χ4v) is 2.60. The molecule has 0 aromatic carbocycles. The van der Waals surface area contributed by atoms with Crippen molar-refractivity contribution < 1.29 is 0 Å². The Kier molecular flexibility index (Phi) is 6.52. The minimum atomic E-state index is 0.283. The summed E-state index contributed by atoms with van der Waals surface area (Å²) in [7, 11) is 1.99. The molecular formula is C15H30N4. The first kappa shape index (κ1) is 16.2. The van der Waals surface area contributed by atoms with Crippen molar-refractivity contribution in [2.45, 2.75) is 59.0 Å². The molecular weight excluding hydrogens is 236 g/mol. The maximum Gasteiger partial charge on any atom is 0.0540 e. The van der Waals surface area contributed by atoms with Crippen molar-refractivity contribution in [3.63, 3.8) is 0 Å². The van der Waals surface area contributed by atoms with Crippen molar-refractivity contribution in [3.05, 3.63) is 17.5 Å². The van der Waals surface area contributed by atoms with E-state index in [0.717, 1.165) is 6.54 Å². The SMILES string of the molecule is CCCCCN(C(C)C)C(CN)c1cnn(C)c1C. The van der Waals surface area contributed by atoms with Gasteiger partial charge in [-0.25, -0.2) is 0 Å². The van der Waals surface area contributed by atoms with Crippen LogP contribution in [0.3, 0.4) is 0 Å². The van der Waals surface area contributed by atoms with Crippen LogP contribution in [-0.2, 0) is 7.05 Å². The van der Waals surface area contributed by atoms with Crippen LogP contribution in [0, 0.1) is 6.92 Å². The number of hydrogen-bond donors (Lipinski definition) is 1. The molecule has 1 atom stereocenters. The molecule has 0 aliphatic carbocycles. The number of rotatable bonds is 8. The molecule has 0 spiro atoms. The van der Waals surface area contributed by atoms with E-state index in [0.29, 0.717) is 12.6 Å². The lowest BCUT2D eigenvalue weighted by atomic mass is 10.0. The summed E-state index contributed by atoms with van der Waals surface area (Å²) >= 11 is 0. The van der Waals surface area contributed by atoms with Crippen molar-refractivity contribution in [3.8, 4) is 0 Å². The summed E-state index contributed by atoms with van der Waals surface area (Å²) in [6.07, 6.45) is 5.75. The molecule has 19 heavy (non-hydrogen) atoms. The minimum absolute atomic E-state index is 0.283. The zero-order valence-corrected chi connectivity index (χ0v) is 13.2. The Morgan fingerprint density at radius 2 is 2.05 bits per heavy atom. The molecule has 1 unspecified atom stereocenters. The molecule has 0 amide bonds. The van der Waals surface area contributed by atoms with E-state index in [1.807, 2.05) is 17.9 Å². The van der Waals surface area contributed by atoms with Crippen molar-refractivity contribution in [2.24, 2.45) is 12.8 Å². The molecule has 4 heteroatoms. The van der Waals surface area contributed by atoms with Gasteiger partial charge >= 0.3 is 0 Å². The number of nitrogens with two attached hydrogens (primary N) is 1. The monoisotopic (exact) mass is 266 g/mol. The standard InChI is InChI=1S/C15H30N4/c1-6-7-8-9-19(12(2)3)15(10-16)14-11-17-18(5)13(14)4/h11-12,15H,6-10,16H2,1-5H3. The lowest BCUT2D eigenvalue weighted by molar-refractivity contribution is 0.153. The van der Waals surface area contributed by atoms with E-state index < -0.39 is 0 Å². The highest BCUT2D eigenvalue weighted by Gasteiger charge is 2.24. The van der Waals surface area contributed by atoms with Gasteiger partial charge in [0.1, 0.15) is 0 Å². The topological polar surface area (TPSA) is 47.1 Å².